The first-order valence-corrected chi connectivity index (χ1v) is 6.34. The summed E-state index contributed by atoms with van der Waals surface area (Å²) in [5.41, 5.74) is 0. The van der Waals surface area contributed by atoms with Gasteiger partial charge < -0.3 is 0 Å². The molecule has 0 aromatic heterocycles. The normalized spacial score (nSPS) is 23.5. The minimum Gasteiger partial charge on any atom is -0.0894 e. The highest BCUT2D eigenvalue weighted by Gasteiger charge is 2.12. The molecule has 12 heavy (non-hydrogen) atoms. The van der Waals surface area contributed by atoms with Crippen LogP contribution in [-0.2, 0) is 0 Å². The van der Waals surface area contributed by atoms with Gasteiger partial charge in [0.05, 0.1) is 0 Å². The Labute approximate surface area is 85.3 Å². The van der Waals surface area contributed by atoms with Crippen LogP contribution in [0.25, 0.3) is 0 Å². The van der Waals surface area contributed by atoms with E-state index in [9.17, 15) is 0 Å². The van der Waals surface area contributed by atoms with Crippen LogP contribution in [0.5, 0.6) is 0 Å². The average molecular weight is 233 g/mol. The minimum absolute atomic E-state index is 0.723. The maximum atomic E-state index is 3.62. The summed E-state index contributed by atoms with van der Waals surface area (Å²) in [4.78, 5) is 0.723. The number of rotatable bonds is 3. The van der Waals surface area contributed by atoms with Gasteiger partial charge in [-0.05, 0) is 18.8 Å². The Balaban J connectivity index is 2.12. The smallest absolute Gasteiger partial charge is 0.0117 e. The van der Waals surface area contributed by atoms with Crippen molar-refractivity contribution in [1.29, 1.82) is 0 Å². The van der Waals surface area contributed by atoms with Crippen molar-refractivity contribution in [2.24, 2.45) is 5.92 Å². The van der Waals surface area contributed by atoms with Crippen molar-refractivity contribution in [3.05, 3.63) is 0 Å². The van der Waals surface area contributed by atoms with Crippen molar-refractivity contribution in [3.63, 3.8) is 0 Å². The fraction of sp³-hybridized carbons (Fsp3) is 1.00. The molecule has 1 rings (SSSR count). The molecule has 0 aliphatic heterocycles. The molecule has 0 nitrogen and oxygen atoms in total. The first kappa shape index (κ1) is 10.6. The molecule has 1 saturated carbocycles. The molecule has 0 spiro atoms. The topological polar surface area (TPSA) is 0 Å². The lowest BCUT2D eigenvalue weighted by Crippen LogP contribution is -2.01. The summed E-state index contributed by atoms with van der Waals surface area (Å²) in [6.07, 6.45) is 11.8. The van der Waals surface area contributed by atoms with Gasteiger partial charge in [0, 0.05) is 4.83 Å². The van der Waals surface area contributed by atoms with Crippen LogP contribution in [0, 0.1) is 5.92 Å². The van der Waals surface area contributed by atoms with Crippen LogP contribution in [0.3, 0.4) is 0 Å². The standard InChI is InChI=1S/C11H21Br/c1-10(12)8-9-11-6-4-2-3-5-7-11/h10-11H,2-9H2,1H3. The second kappa shape index (κ2) is 6.01. The zero-order chi connectivity index (χ0) is 8.81. The molecule has 0 saturated heterocycles. The van der Waals surface area contributed by atoms with Crippen LogP contribution in [0.1, 0.15) is 58.3 Å². The van der Waals surface area contributed by atoms with E-state index in [4.69, 9.17) is 0 Å². The molecular formula is C11H21Br. The Bertz CT molecular complexity index is 102. The van der Waals surface area contributed by atoms with E-state index in [0.717, 1.165) is 10.7 Å². The highest BCUT2D eigenvalue weighted by Crippen LogP contribution is 2.27. The van der Waals surface area contributed by atoms with Gasteiger partial charge in [-0.15, -0.1) is 0 Å². The molecule has 1 atom stereocenters. The maximum Gasteiger partial charge on any atom is 0.0117 e. The highest BCUT2D eigenvalue weighted by molar-refractivity contribution is 9.09. The Morgan fingerprint density at radius 1 is 1.17 bits per heavy atom. The van der Waals surface area contributed by atoms with E-state index >= 15 is 0 Å². The summed E-state index contributed by atoms with van der Waals surface area (Å²) in [6, 6.07) is 0. The Morgan fingerprint density at radius 3 is 2.25 bits per heavy atom. The summed E-state index contributed by atoms with van der Waals surface area (Å²) in [5.74, 6) is 1.05. The van der Waals surface area contributed by atoms with Crippen LogP contribution in [0.15, 0.2) is 0 Å². The molecule has 0 bridgehead atoms. The number of alkyl halides is 1. The van der Waals surface area contributed by atoms with E-state index in [2.05, 4.69) is 22.9 Å². The summed E-state index contributed by atoms with van der Waals surface area (Å²) < 4.78 is 0. The molecule has 72 valence electrons. The largest absolute Gasteiger partial charge is 0.0894 e. The van der Waals surface area contributed by atoms with Crippen LogP contribution in [0.4, 0.5) is 0 Å². The van der Waals surface area contributed by atoms with Crippen molar-refractivity contribution in [2.75, 3.05) is 0 Å². The lowest BCUT2D eigenvalue weighted by atomic mass is 9.94. The molecule has 0 aromatic rings. The predicted molar refractivity (Wildman–Crippen MR) is 58.8 cm³/mol. The van der Waals surface area contributed by atoms with Gasteiger partial charge in [-0.3, -0.25) is 0 Å². The second-order valence-corrected chi connectivity index (χ2v) is 5.78. The van der Waals surface area contributed by atoms with E-state index < -0.39 is 0 Å². The SMILES string of the molecule is CC(Br)CCC1CCCCCC1. The van der Waals surface area contributed by atoms with Crippen LogP contribution in [0.2, 0.25) is 0 Å². The zero-order valence-electron chi connectivity index (χ0n) is 8.19. The van der Waals surface area contributed by atoms with Crippen molar-refractivity contribution < 1.29 is 0 Å². The minimum atomic E-state index is 0.723. The fourth-order valence-corrected chi connectivity index (χ4v) is 2.38. The van der Waals surface area contributed by atoms with E-state index in [0.29, 0.717) is 0 Å². The molecule has 1 aliphatic rings. The molecule has 0 amide bonds. The summed E-state index contributed by atoms with van der Waals surface area (Å²) in [7, 11) is 0. The van der Waals surface area contributed by atoms with Gasteiger partial charge in [0.15, 0.2) is 0 Å². The third-order valence-corrected chi connectivity index (χ3v) is 3.41. The number of hydrogen-bond donors (Lipinski definition) is 0. The second-order valence-electron chi connectivity index (χ2n) is 4.22. The van der Waals surface area contributed by atoms with E-state index in [1.54, 1.807) is 0 Å². The fourth-order valence-electron chi connectivity index (χ4n) is 2.12. The highest BCUT2D eigenvalue weighted by atomic mass is 79.9. The lowest BCUT2D eigenvalue weighted by Gasteiger charge is -2.14. The van der Waals surface area contributed by atoms with Gasteiger partial charge in [0.25, 0.3) is 0 Å². The summed E-state index contributed by atoms with van der Waals surface area (Å²) in [5, 5.41) is 0. The molecule has 0 heterocycles. The number of hydrogen-bond acceptors (Lipinski definition) is 0. The van der Waals surface area contributed by atoms with Gasteiger partial charge in [0.1, 0.15) is 0 Å². The summed E-state index contributed by atoms with van der Waals surface area (Å²) in [6.45, 7) is 2.26. The Morgan fingerprint density at radius 2 is 1.75 bits per heavy atom. The molecule has 0 aromatic carbocycles. The van der Waals surface area contributed by atoms with Crippen LogP contribution >= 0.6 is 15.9 Å². The van der Waals surface area contributed by atoms with Gasteiger partial charge in [-0.25, -0.2) is 0 Å². The van der Waals surface area contributed by atoms with Crippen molar-refractivity contribution >= 4 is 15.9 Å². The van der Waals surface area contributed by atoms with Gasteiger partial charge in [-0.1, -0.05) is 61.4 Å². The molecule has 1 fully saturated rings. The molecular weight excluding hydrogens is 212 g/mol. The van der Waals surface area contributed by atoms with Gasteiger partial charge >= 0.3 is 0 Å². The van der Waals surface area contributed by atoms with Crippen LogP contribution < -0.4 is 0 Å². The monoisotopic (exact) mass is 232 g/mol. The molecule has 1 unspecified atom stereocenters. The Hall–Kier alpha value is 0.480. The quantitative estimate of drug-likeness (QED) is 0.496. The molecule has 1 heteroatoms. The average Bonchev–Trinajstić information content (AvgIpc) is 2.28. The van der Waals surface area contributed by atoms with Crippen LogP contribution in [-0.4, -0.2) is 4.83 Å². The van der Waals surface area contributed by atoms with Crippen molar-refractivity contribution in [3.8, 4) is 0 Å². The molecule has 0 radical (unpaired) electrons. The van der Waals surface area contributed by atoms with Gasteiger partial charge in [0.2, 0.25) is 0 Å². The lowest BCUT2D eigenvalue weighted by molar-refractivity contribution is 0.416. The molecule has 0 N–H and O–H groups in total. The zero-order valence-corrected chi connectivity index (χ0v) is 9.78. The van der Waals surface area contributed by atoms with Gasteiger partial charge in [-0.2, -0.15) is 0 Å². The van der Waals surface area contributed by atoms with E-state index in [1.165, 1.54) is 51.4 Å². The first-order chi connectivity index (χ1) is 5.79. The van der Waals surface area contributed by atoms with E-state index in [1.807, 2.05) is 0 Å². The summed E-state index contributed by atoms with van der Waals surface area (Å²) >= 11 is 3.62. The predicted octanol–water partition coefficient (Wildman–Crippen LogP) is 4.52. The third kappa shape index (κ3) is 4.49. The molecule has 1 aliphatic carbocycles. The van der Waals surface area contributed by atoms with Crippen molar-refractivity contribution in [1.82, 2.24) is 0 Å². The third-order valence-electron chi connectivity index (χ3n) is 2.95. The first-order valence-electron chi connectivity index (χ1n) is 5.43. The van der Waals surface area contributed by atoms with Crippen molar-refractivity contribution in [2.45, 2.75) is 63.1 Å². The van der Waals surface area contributed by atoms with E-state index in [-0.39, 0.29) is 0 Å². The maximum absolute atomic E-state index is 3.62. The number of halogens is 1. The Kier molecular flexibility index (Phi) is 5.29.